The topological polar surface area (TPSA) is 92.1 Å². The minimum Gasteiger partial charge on any atom is -0.452 e. The molecule has 124 valence electrons. The van der Waals surface area contributed by atoms with Crippen molar-refractivity contribution in [3.63, 3.8) is 0 Å². The number of thiazole rings is 1. The summed E-state index contributed by atoms with van der Waals surface area (Å²) in [5.41, 5.74) is 2.09. The number of nitrogens with one attached hydrogen (secondary N) is 1. The fraction of sp³-hybridized carbons (Fsp3) is 0.412. The first-order valence-electron chi connectivity index (χ1n) is 7.84. The molecule has 1 amide bonds. The Morgan fingerprint density at radius 3 is 2.88 bits per heavy atom. The molecule has 6 nitrogen and oxygen atoms in total. The summed E-state index contributed by atoms with van der Waals surface area (Å²) >= 11 is 1.43. The highest BCUT2D eigenvalue weighted by Gasteiger charge is 2.33. The number of amides is 1. The van der Waals surface area contributed by atoms with Gasteiger partial charge in [0.05, 0.1) is 27.4 Å². The lowest BCUT2D eigenvalue weighted by Gasteiger charge is -2.31. The third-order valence-electron chi connectivity index (χ3n) is 4.20. The van der Waals surface area contributed by atoms with Gasteiger partial charge in [-0.15, -0.1) is 11.3 Å². The van der Waals surface area contributed by atoms with Crippen molar-refractivity contribution in [1.82, 2.24) is 10.3 Å². The van der Waals surface area contributed by atoms with E-state index in [0.717, 1.165) is 29.5 Å². The van der Waals surface area contributed by atoms with Crippen molar-refractivity contribution in [2.75, 3.05) is 6.61 Å². The number of fused-ring (bicyclic) bond motifs is 1. The lowest BCUT2D eigenvalue weighted by atomic mass is 9.83. The normalized spacial score (nSPS) is 16.3. The molecule has 0 unspecified atom stereocenters. The van der Waals surface area contributed by atoms with E-state index in [2.05, 4.69) is 16.4 Å². The van der Waals surface area contributed by atoms with Gasteiger partial charge in [-0.3, -0.25) is 4.79 Å². The molecule has 7 heteroatoms. The molecule has 2 aromatic rings. The molecular formula is C17H17N3O3S. The molecule has 1 aromatic heterocycles. The SMILES string of the molecule is N#CC1(NC(=O)COC(=O)c2ccc3ncsc3c2)CCCCC1. The van der Waals surface area contributed by atoms with Crippen LogP contribution >= 0.6 is 11.3 Å². The summed E-state index contributed by atoms with van der Waals surface area (Å²) in [5, 5.41) is 12.1. The predicted octanol–water partition coefficient (Wildman–Crippen LogP) is 2.80. The number of benzene rings is 1. The Bertz CT molecular complexity index is 803. The molecule has 1 aliphatic carbocycles. The van der Waals surface area contributed by atoms with Crippen molar-refractivity contribution in [2.45, 2.75) is 37.6 Å². The van der Waals surface area contributed by atoms with Crippen LogP contribution in [0, 0.1) is 11.3 Å². The van der Waals surface area contributed by atoms with Gasteiger partial charge in [0.2, 0.25) is 0 Å². The van der Waals surface area contributed by atoms with Crippen LogP contribution in [0.5, 0.6) is 0 Å². The molecule has 0 spiro atoms. The number of aromatic nitrogens is 1. The van der Waals surface area contributed by atoms with Crippen LogP contribution in [-0.4, -0.2) is 29.0 Å². The highest BCUT2D eigenvalue weighted by atomic mass is 32.1. The summed E-state index contributed by atoms with van der Waals surface area (Å²) in [7, 11) is 0. The number of hydrogen-bond donors (Lipinski definition) is 1. The summed E-state index contributed by atoms with van der Waals surface area (Å²) in [6.45, 7) is -0.386. The number of nitriles is 1. The third-order valence-corrected chi connectivity index (χ3v) is 4.99. The first-order chi connectivity index (χ1) is 11.6. The standard InChI is InChI=1S/C17H17N3O3S/c18-10-17(6-2-1-3-7-17)20-15(21)9-23-16(22)12-4-5-13-14(8-12)24-11-19-13/h4-5,8,11H,1-3,6-7,9H2,(H,20,21). The van der Waals surface area contributed by atoms with Crippen LogP contribution in [0.25, 0.3) is 10.2 Å². The fourth-order valence-electron chi connectivity index (χ4n) is 2.92. The van der Waals surface area contributed by atoms with E-state index in [9.17, 15) is 14.9 Å². The van der Waals surface area contributed by atoms with E-state index in [1.807, 2.05) is 0 Å². The van der Waals surface area contributed by atoms with E-state index in [1.54, 1.807) is 23.7 Å². The number of ether oxygens (including phenoxy) is 1. The van der Waals surface area contributed by atoms with Gasteiger partial charge < -0.3 is 10.1 Å². The Kier molecular flexibility index (Phi) is 4.76. The first kappa shape index (κ1) is 16.4. The maximum Gasteiger partial charge on any atom is 0.338 e. The molecule has 3 rings (SSSR count). The molecule has 1 heterocycles. The quantitative estimate of drug-likeness (QED) is 0.862. The number of carbonyl (C=O) groups excluding carboxylic acids is 2. The van der Waals surface area contributed by atoms with E-state index in [-0.39, 0.29) is 6.61 Å². The van der Waals surface area contributed by atoms with Gasteiger partial charge in [0, 0.05) is 0 Å². The molecule has 0 saturated heterocycles. The van der Waals surface area contributed by atoms with Gasteiger partial charge in [0.15, 0.2) is 6.61 Å². The molecule has 1 aliphatic rings. The van der Waals surface area contributed by atoms with E-state index >= 15 is 0 Å². The van der Waals surface area contributed by atoms with Crippen molar-refractivity contribution >= 4 is 33.4 Å². The molecule has 1 N–H and O–H groups in total. The lowest BCUT2D eigenvalue weighted by molar-refractivity contribution is -0.125. The van der Waals surface area contributed by atoms with E-state index in [0.29, 0.717) is 18.4 Å². The Hall–Kier alpha value is -2.46. The maximum absolute atomic E-state index is 12.1. The van der Waals surface area contributed by atoms with Gasteiger partial charge in [-0.2, -0.15) is 5.26 Å². The van der Waals surface area contributed by atoms with E-state index in [4.69, 9.17) is 4.74 Å². The number of esters is 1. The molecule has 24 heavy (non-hydrogen) atoms. The number of carbonyl (C=O) groups is 2. The Balaban J connectivity index is 1.57. The maximum atomic E-state index is 12.1. The number of nitrogens with zero attached hydrogens (tertiary/aromatic N) is 2. The van der Waals surface area contributed by atoms with Crippen LogP contribution in [0.1, 0.15) is 42.5 Å². The molecule has 0 atom stereocenters. The summed E-state index contributed by atoms with van der Waals surface area (Å²) in [6.07, 6.45) is 4.20. The second-order valence-corrected chi connectivity index (χ2v) is 6.80. The first-order valence-corrected chi connectivity index (χ1v) is 8.72. The number of rotatable bonds is 4. The summed E-state index contributed by atoms with van der Waals surface area (Å²) in [5.74, 6) is -0.999. The number of hydrogen-bond acceptors (Lipinski definition) is 6. The lowest BCUT2D eigenvalue weighted by Crippen LogP contribution is -2.50. The van der Waals surface area contributed by atoms with Gasteiger partial charge in [-0.25, -0.2) is 9.78 Å². The van der Waals surface area contributed by atoms with Gasteiger partial charge in [0.25, 0.3) is 5.91 Å². The van der Waals surface area contributed by atoms with Gasteiger partial charge in [-0.05, 0) is 31.0 Å². The highest BCUT2D eigenvalue weighted by Crippen LogP contribution is 2.27. The van der Waals surface area contributed by atoms with Crippen LogP contribution in [0.3, 0.4) is 0 Å². The highest BCUT2D eigenvalue weighted by molar-refractivity contribution is 7.16. The van der Waals surface area contributed by atoms with Crippen LogP contribution in [0.2, 0.25) is 0 Å². The zero-order valence-corrected chi connectivity index (χ0v) is 13.9. The van der Waals surface area contributed by atoms with Crippen molar-refractivity contribution in [3.8, 4) is 6.07 Å². The Morgan fingerprint density at radius 2 is 2.12 bits per heavy atom. The second kappa shape index (κ2) is 6.97. The summed E-state index contributed by atoms with van der Waals surface area (Å²) in [6, 6.07) is 7.28. The average molecular weight is 343 g/mol. The molecular weight excluding hydrogens is 326 g/mol. The van der Waals surface area contributed by atoms with Crippen LogP contribution in [0.4, 0.5) is 0 Å². The smallest absolute Gasteiger partial charge is 0.338 e. The molecule has 0 aliphatic heterocycles. The zero-order chi connectivity index (χ0) is 17.0. The minimum atomic E-state index is -0.816. The molecule has 0 bridgehead atoms. The van der Waals surface area contributed by atoms with Crippen LogP contribution in [-0.2, 0) is 9.53 Å². The predicted molar refractivity (Wildman–Crippen MR) is 89.5 cm³/mol. The van der Waals surface area contributed by atoms with Gasteiger partial charge in [0.1, 0.15) is 5.54 Å². The average Bonchev–Trinajstić information content (AvgIpc) is 3.08. The molecule has 1 aromatic carbocycles. The van der Waals surface area contributed by atoms with Crippen molar-refractivity contribution in [2.24, 2.45) is 0 Å². The third kappa shape index (κ3) is 3.54. The van der Waals surface area contributed by atoms with Gasteiger partial charge >= 0.3 is 5.97 Å². The minimum absolute atomic E-state index is 0.382. The van der Waals surface area contributed by atoms with E-state index < -0.39 is 17.4 Å². The largest absolute Gasteiger partial charge is 0.452 e. The monoisotopic (exact) mass is 343 g/mol. The summed E-state index contributed by atoms with van der Waals surface area (Å²) in [4.78, 5) is 28.3. The van der Waals surface area contributed by atoms with Crippen molar-refractivity contribution in [3.05, 3.63) is 29.3 Å². The second-order valence-electron chi connectivity index (χ2n) is 5.91. The van der Waals surface area contributed by atoms with Crippen molar-refractivity contribution < 1.29 is 14.3 Å². The van der Waals surface area contributed by atoms with E-state index in [1.165, 1.54) is 11.3 Å². The molecule has 0 radical (unpaired) electrons. The Morgan fingerprint density at radius 1 is 1.33 bits per heavy atom. The summed E-state index contributed by atoms with van der Waals surface area (Å²) < 4.78 is 5.96. The van der Waals surface area contributed by atoms with Crippen LogP contribution in [0.15, 0.2) is 23.7 Å². The van der Waals surface area contributed by atoms with Crippen molar-refractivity contribution in [1.29, 1.82) is 5.26 Å². The molecule has 1 saturated carbocycles. The van der Waals surface area contributed by atoms with Gasteiger partial charge in [-0.1, -0.05) is 19.3 Å². The molecule has 1 fully saturated rings. The fourth-order valence-corrected chi connectivity index (χ4v) is 3.64. The Labute approximate surface area is 143 Å². The zero-order valence-electron chi connectivity index (χ0n) is 13.1. The van der Waals surface area contributed by atoms with Crippen LogP contribution < -0.4 is 5.32 Å².